The molecule has 0 atom stereocenters. The molecule has 1 aliphatic carbocycles. The van der Waals surface area contributed by atoms with Crippen LogP contribution < -0.4 is 14.8 Å². The van der Waals surface area contributed by atoms with Gasteiger partial charge < -0.3 is 14.8 Å². The van der Waals surface area contributed by atoms with Gasteiger partial charge in [0.25, 0.3) is 0 Å². The lowest BCUT2D eigenvalue weighted by Crippen LogP contribution is -2.01. The lowest BCUT2D eigenvalue weighted by atomic mass is 10.1. The van der Waals surface area contributed by atoms with Crippen LogP contribution in [0.5, 0.6) is 11.5 Å². The fourth-order valence-corrected chi connectivity index (χ4v) is 2.27. The Morgan fingerprint density at radius 1 is 1.10 bits per heavy atom. The molecule has 1 aliphatic rings. The first kappa shape index (κ1) is 13.7. The molecule has 0 bridgehead atoms. The molecule has 0 radical (unpaired) electrons. The molecule has 2 aromatic rings. The Labute approximate surface area is 124 Å². The van der Waals surface area contributed by atoms with Gasteiger partial charge in [0, 0.05) is 24.6 Å². The third kappa shape index (κ3) is 2.77. The Morgan fingerprint density at radius 3 is 2.52 bits per heavy atom. The highest BCUT2D eigenvalue weighted by atomic mass is 16.5. The average Bonchev–Trinajstić information content (AvgIpc) is 3.38. The van der Waals surface area contributed by atoms with Gasteiger partial charge >= 0.3 is 0 Å². The second-order valence-electron chi connectivity index (χ2n) is 5.09. The molecule has 1 aromatic heterocycles. The van der Waals surface area contributed by atoms with Crippen molar-refractivity contribution in [3.63, 3.8) is 0 Å². The largest absolute Gasteiger partial charge is 0.497 e. The number of nitrogens with zero attached hydrogens (tertiary/aromatic N) is 2. The van der Waals surface area contributed by atoms with Crippen LogP contribution in [0.4, 0.5) is 5.82 Å². The molecule has 0 unspecified atom stereocenters. The molecule has 1 saturated carbocycles. The predicted molar refractivity (Wildman–Crippen MR) is 82.1 cm³/mol. The van der Waals surface area contributed by atoms with E-state index in [2.05, 4.69) is 10.3 Å². The molecule has 3 rings (SSSR count). The van der Waals surface area contributed by atoms with E-state index in [0.29, 0.717) is 5.92 Å². The summed E-state index contributed by atoms with van der Waals surface area (Å²) in [6, 6.07) is 7.65. The van der Waals surface area contributed by atoms with E-state index < -0.39 is 0 Å². The van der Waals surface area contributed by atoms with Crippen LogP contribution >= 0.6 is 0 Å². The maximum atomic E-state index is 5.45. The van der Waals surface area contributed by atoms with Crippen LogP contribution in [-0.4, -0.2) is 31.2 Å². The smallest absolute Gasteiger partial charge is 0.134 e. The van der Waals surface area contributed by atoms with E-state index in [1.165, 1.54) is 12.8 Å². The van der Waals surface area contributed by atoms with Gasteiger partial charge in [-0.15, -0.1) is 0 Å². The highest BCUT2D eigenvalue weighted by Crippen LogP contribution is 2.40. The number of methoxy groups -OCH3 is 2. The number of nitrogens with one attached hydrogen (secondary N) is 1. The van der Waals surface area contributed by atoms with Gasteiger partial charge in [-0.1, -0.05) is 0 Å². The molecule has 1 aromatic carbocycles. The quantitative estimate of drug-likeness (QED) is 0.915. The van der Waals surface area contributed by atoms with Crippen LogP contribution in [0.3, 0.4) is 0 Å². The normalized spacial score (nSPS) is 13.9. The van der Waals surface area contributed by atoms with Crippen molar-refractivity contribution in [1.29, 1.82) is 0 Å². The van der Waals surface area contributed by atoms with Gasteiger partial charge in [0.1, 0.15) is 23.1 Å². The van der Waals surface area contributed by atoms with E-state index in [0.717, 1.165) is 34.4 Å². The topological polar surface area (TPSA) is 56.3 Å². The molecule has 21 heavy (non-hydrogen) atoms. The lowest BCUT2D eigenvalue weighted by Gasteiger charge is -2.12. The highest BCUT2D eigenvalue weighted by Gasteiger charge is 2.27. The first-order valence-corrected chi connectivity index (χ1v) is 7.04. The van der Waals surface area contributed by atoms with Crippen molar-refractivity contribution >= 4 is 5.82 Å². The molecule has 1 N–H and O–H groups in total. The maximum Gasteiger partial charge on any atom is 0.134 e. The minimum Gasteiger partial charge on any atom is -0.497 e. The van der Waals surface area contributed by atoms with E-state index in [9.17, 15) is 0 Å². The molecule has 0 spiro atoms. The van der Waals surface area contributed by atoms with E-state index in [1.807, 2.05) is 31.3 Å². The summed E-state index contributed by atoms with van der Waals surface area (Å²) in [4.78, 5) is 9.25. The molecule has 110 valence electrons. The Kier molecular flexibility index (Phi) is 3.64. The van der Waals surface area contributed by atoms with Gasteiger partial charge in [-0.05, 0) is 31.0 Å². The maximum absolute atomic E-state index is 5.45. The molecule has 5 heteroatoms. The zero-order valence-corrected chi connectivity index (χ0v) is 12.5. The summed E-state index contributed by atoms with van der Waals surface area (Å²) in [7, 11) is 5.18. The molecule has 0 aliphatic heterocycles. The van der Waals surface area contributed by atoms with Gasteiger partial charge in [0.05, 0.1) is 19.9 Å². The Morgan fingerprint density at radius 2 is 1.90 bits per heavy atom. The molecule has 1 fully saturated rings. The average molecular weight is 285 g/mol. The van der Waals surface area contributed by atoms with Crippen LogP contribution in [-0.2, 0) is 0 Å². The van der Waals surface area contributed by atoms with Crippen molar-refractivity contribution in [3.05, 3.63) is 30.1 Å². The summed E-state index contributed by atoms with van der Waals surface area (Å²) >= 11 is 0. The number of aromatic nitrogens is 2. The van der Waals surface area contributed by atoms with Crippen LogP contribution in [0.2, 0.25) is 0 Å². The van der Waals surface area contributed by atoms with Gasteiger partial charge in [0.2, 0.25) is 0 Å². The summed E-state index contributed by atoms with van der Waals surface area (Å²) in [5.41, 5.74) is 1.77. The van der Waals surface area contributed by atoms with E-state index in [1.54, 1.807) is 14.2 Å². The lowest BCUT2D eigenvalue weighted by molar-refractivity contribution is 0.404. The van der Waals surface area contributed by atoms with Gasteiger partial charge in [-0.3, -0.25) is 0 Å². The Bertz CT molecular complexity index is 654. The van der Waals surface area contributed by atoms with Crippen molar-refractivity contribution in [3.8, 4) is 22.8 Å². The van der Waals surface area contributed by atoms with Gasteiger partial charge in [0.15, 0.2) is 0 Å². The van der Waals surface area contributed by atoms with Crippen molar-refractivity contribution in [1.82, 2.24) is 9.97 Å². The van der Waals surface area contributed by atoms with Gasteiger partial charge in [-0.25, -0.2) is 9.97 Å². The van der Waals surface area contributed by atoms with E-state index in [4.69, 9.17) is 14.5 Å². The number of benzene rings is 1. The molecular weight excluding hydrogens is 266 g/mol. The molecule has 1 heterocycles. The highest BCUT2D eigenvalue weighted by molar-refractivity contribution is 5.71. The third-order valence-electron chi connectivity index (χ3n) is 3.62. The van der Waals surface area contributed by atoms with E-state index >= 15 is 0 Å². The summed E-state index contributed by atoms with van der Waals surface area (Å²) in [5, 5.41) is 3.10. The molecule has 0 saturated heterocycles. The number of anilines is 1. The fourth-order valence-electron chi connectivity index (χ4n) is 2.27. The van der Waals surface area contributed by atoms with Crippen molar-refractivity contribution in [2.45, 2.75) is 18.8 Å². The van der Waals surface area contributed by atoms with Crippen LogP contribution in [0, 0.1) is 0 Å². The minimum absolute atomic E-state index is 0.494. The number of hydrogen-bond donors (Lipinski definition) is 1. The van der Waals surface area contributed by atoms with Crippen LogP contribution in [0.15, 0.2) is 24.3 Å². The van der Waals surface area contributed by atoms with Crippen molar-refractivity contribution in [2.75, 3.05) is 26.6 Å². The molecule has 0 amide bonds. The summed E-state index contributed by atoms with van der Waals surface area (Å²) in [5.74, 6) is 3.78. The summed E-state index contributed by atoms with van der Waals surface area (Å²) in [6.45, 7) is 0. The first-order chi connectivity index (χ1) is 10.2. The standard InChI is InChI=1S/C16H19N3O2/c1-17-15-9-13(18-16(19-15)10-4-5-10)12-8-11(20-2)6-7-14(12)21-3/h6-10H,4-5H2,1-3H3,(H,17,18,19). The summed E-state index contributed by atoms with van der Waals surface area (Å²) in [6.07, 6.45) is 2.34. The third-order valence-corrected chi connectivity index (χ3v) is 3.62. The van der Waals surface area contributed by atoms with E-state index in [-0.39, 0.29) is 0 Å². The van der Waals surface area contributed by atoms with Crippen LogP contribution in [0.1, 0.15) is 24.6 Å². The van der Waals surface area contributed by atoms with Crippen molar-refractivity contribution in [2.24, 2.45) is 0 Å². The molecule has 5 nitrogen and oxygen atoms in total. The number of rotatable bonds is 5. The van der Waals surface area contributed by atoms with Crippen molar-refractivity contribution < 1.29 is 9.47 Å². The van der Waals surface area contributed by atoms with Gasteiger partial charge in [-0.2, -0.15) is 0 Å². The Balaban J connectivity index is 2.12. The zero-order chi connectivity index (χ0) is 14.8. The predicted octanol–water partition coefficient (Wildman–Crippen LogP) is 3.08. The Hall–Kier alpha value is -2.30. The fraction of sp³-hybridized carbons (Fsp3) is 0.375. The SMILES string of the molecule is CNc1cc(-c2cc(OC)ccc2OC)nc(C2CC2)n1. The zero-order valence-electron chi connectivity index (χ0n) is 12.5. The molecular formula is C16H19N3O2. The monoisotopic (exact) mass is 285 g/mol. The minimum atomic E-state index is 0.494. The first-order valence-electron chi connectivity index (χ1n) is 7.04. The second-order valence-corrected chi connectivity index (χ2v) is 5.09. The summed E-state index contributed by atoms with van der Waals surface area (Å²) < 4.78 is 10.8. The number of ether oxygens (including phenoxy) is 2. The second kappa shape index (κ2) is 5.60. The number of hydrogen-bond acceptors (Lipinski definition) is 5. The van der Waals surface area contributed by atoms with Crippen LogP contribution in [0.25, 0.3) is 11.3 Å².